The monoisotopic (exact) mass is 336 g/mol. The minimum Gasteiger partial charge on any atom is -0.345 e. The van der Waals surface area contributed by atoms with E-state index in [1.54, 1.807) is 0 Å². The lowest BCUT2D eigenvalue weighted by molar-refractivity contribution is -0.123. The lowest BCUT2D eigenvalue weighted by Crippen LogP contribution is -2.44. The van der Waals surface area contributed by atoms with E-state index in [0.717, 1.165) is 11.5 Å². The van der Waals surface area contributed by atoms with E-state index in [0.29, 0.717) is 6.42 Å². The van der Waals surface area contributed by atoms with E-state index in [-0.39, 0.29) is 24.0 Å². The van der Waals surface area contributed by atoms with E-state index in [2.05, 4.69) is 38.5 Å². The van der Waals surface area contributed by atoms with Crippen LogP contribution in [0.2, 0.25) is 0 Å². The van der Waals surface area contributed by atoms with Gasteiger partial charge in [-0.15, -0.1) is 10.2 Å². The van der Waals surface area contributed by atoms with Gasteiger partial charge >= 0.3 is 0 Å². The number of hydrogen-bond acceptors (Lipinski definition) is 5. The topological polar surface area (TPSA) is 83.4 Å². The number of aromatic nitrogens is 3. The van der Waals surface area contributed by atoms with Crippen LogP contribution in [0.5, 0.6) is 0 Å². The first kappa shape index (κ1) is 15.7. The summed E-state index contributed by atoms with van der Waals surface area (Å²) in [7, 11) is 0. The summed E-state index contributed by atoms with van der Waals surface area (Å²) < 4.78 is 1.89. The fourth-order valence-electron chi connectivity index (χ4n) is 3.17. The minimum absolute atomic E-state index is 0.0499. The molecule has 3 aromatic rings. The Morgan fingerprint density at radius 1 is 1.16 bits per heavy atom. The number of hydrogen-bond donors (Lipinski definition) is 3. The third-order valence-corrected chi connectivity index (χ3v) is 4.51. The molecule has 1 aliphatic heterocycles. The van der Waals surface area contributed by atoms with Crippen LogP contribution >= 0.6 is 0 Å². The number of benzene rings is 1. The van der Waals surface area contributed by atoms with Crippen LogP contribution in [0.15, 0.2) is 54.7 Å². The van der Waals surface area contributed by atoms with Gasteiger partial charge in [-0.2, -0.15) is 0 Å². The van der Waals surface area contributed by atoms with Crippen molar-refractivity contribution in [1.29, 1.82) is 0 Å². The molecular weight excluding hydrogens is 316 g/mol. The van der Waals surface area contributed by atoms with Crippen LogP contribution in [-0.4, -0.2) is 26.5 Å². The molecule has 128 valence electrons. The lowest BCUT2D eigenvalue weighted by Gasteiger charge is -2.15. The van der Waals surface area contributed by atoms with Gasteiger partial charge in [-0.25, -0.2) is 10.9 Å². The zero-order valence-electron chi connectivity index (χ0n) is 13.9. The van der Waals surface area contributed by atoms with Crippen LogP contribution in [-0.2, 0) is 4.79 Å². The normalized spacial score (nSPS) is 21.3. The van der Waals surface area contributed by atoms with E-state index in [4.69, 9.17) is 0 Å². The predicted molar refractivity (Wildman–Crippen MR) is 93.4 cm³/mol. The van der Waals surface area contributed by atoms with Crippen LogP contribution in [0.1, 0.15) is 36.8 Å². The summed E-state index contributed by atoms with van der Waals surface area (Å²) in [6.45, 7) is 1.92. The molecule has 2 unspecified atom stereocenters. The van der Waals surface area contributed by atoms with Crippen LogP contribution in [0.4, 0.5) is 0 Å². The molecule has 4 rings (SSSR count). The number of rotatable bonds is 4. The Hall–Kier alpha value is -2.77. The highest BCUT2D eigenvalue weighted by molar-refractivity contribution is 5.82. The summed E-state index contributed by atoms with van der Waals surface area (Å²) in [5.41, 5.74) is 8.22. The van der Waals surface area contributed by atoms with Crippen LogP contribution in [0, 0.1) is 0 Å². The van der Waals surface area contributed by atoms with Crippen molar-refractivity contribution in [3.8, 4) is 0 Å². The maximum Gasteiger partial charge on any atom is 0.239 e. The minimum atomic E-state index is -0.285. The highest BCUT2D eigenvalue weighted by atomic mass is 16.2. The van der Waals surface area contributed by atoms with Crippen molar-refractivity contribution in [2.75, 3.05) is 0 Å². The van der Waals surface area contributed by atoms with Gasteiger partial charge in [-0.1, -0.05) is 36.4 Å². The number of carbonyl (C=O) groups is 1. The fraction of sp³-hybridized carbons (Fsp3) is 0.278. The maximum atomic E-state index is 12.6. The second kappa shape index (κ2) is 6.62. The number of fused-ring (bicyclic) bond motifs is 1. The molecule has 3 N–H and O–H groups in total. The summed E-state index contributed by atoms with van der Waals surface area (Å²) in [6.07, 6.45) is 2.59. The van der Waals surface area contributed by atoms with Gasteiger partial charge < -0.3 is 5.32 Å². The van der Waals surface area contributed by atoms with Gasteiger partial charge in [0.25, 0.3) is 0 Å². The molecule has 3 atom stereocenters. The Morgan fingerprint density at radius 3 is 2.80 bits per heavy atom. The van der Waals surface area contributed by atoms with Crippen molar-refractivity contribution in [3.63, 3.8) is 0 Å². The Balaban J connectivity index is 1.42. The van der Waals surface area contributed by atoms with Crippen LogP contribution in [0.25, 0.3) is 5.65 Å². The Labute approximate surface area is 145 Å². The molecule has 3 heterocycles. The van der Waals surface area contributed by atoms with Gasteiger partial charge in [0.15, 0.2) is 11.5 Å². The highest BCUT2D eigenvalue weighted by Crippen LogP contribution is 2.22. The van der Waals surface area contributed by atoms with Crippen LogP contribution in [0.3, 0.4) is 0 Å². The van der Waals surface area contributed by atoms with E-state index in [1.807, 2.05) is 53.9 Å². The van der Waals surface area contributed by atoms with E-state index in [9.17, 15) is 4.79 Å². The van der Waals surface area contributed by atoms with Crippen molar-refractivity contribution in [3.05, 3.63) is 66.1 Å². The third kappa shape index (κ3) is 3.11. The first-order valence-corrected chi connectivity index (χ1v) is 8.38. The summed E-state index contributed by atoms with van der Waals surface area (Å²) in [4.78, 5) is 12.6. The molecule has 1 fully saturated rings. The number of nitrogens with zero attached hydrogens (tertiary/aromatic N) is 3. The quantitative estimate of drug-likeness (QED) is 0.673. The lowest BCUT2D eigenvalue weighted by atomic mass is 10.0. The van der Waals surface area contributed by atoms with Crippen molar-refractivity contribution in [2.24, 2.45) is 0 Å². The smallest absolute Gasteiger partial charge is 0.239 e. The SMILES string of the molecule is C[C@@H](NC(=O)C1CC(c2ccccc2)NN1)c1nnc2ccccn12. The molecule has 1 aromatic carbocycles. The zero-order chi connectivity index (χ0) is 17.2. The molecule has 2 aromatic heterocycles. The van der Waals surface area contributed by atoms with Gasteiger partial charge in [-0.3, -0.25) is 9.20 Å². The number of amides is 1. The zero-order valence-corrected chi connectivity index (χ0v) is 13.9. The summed E-state index contributed by atoms with van der Waals surface area (Å²) in [6, 6.07) is 15.4. The van der Waals surface area contributed by atoms with Gasteiger partial charge in [0.2, 0.25) is 5.91 Å². The third-order valence-electron chi connectivity index (χ3n) is 4.51. The van der Waals surface area contributed by atoms with Gasteiger partial charge in [-0.05, 0) is 31.0 Å². The Kier molecular flexibility index (Phi) is 4.17. The Bertz CT molecular complexity index is 877. The molecule has 0 saturated carbocycles. The maximum absolute atomic E-state index is 12.6. The van der Waals surface area contributed by atoms with E-state index >= 15 is 0 Å². The van der Waals surface area contributed by atoms with E-state index in [1.165, 1.54) is 5.56 Å². The average Bonchev–Trinajstić information content (AvgIpc) is 3.30. The molecule has 7 heteroatoms. The summed E-state index contributed by atoms with van der Waals surface area (Å²) >= 11 is 0. The fourth-order valence-corrected chi connectivity index (χ4v) is 3.17. The summed E-state index contributed by atoms with van der Waals surface area (Å²) in [5, 5.41) is 11.4. The number of nitrogens with one attached hydrogen (secondary N) is 3. The van der Waals surface area contributed by atoms with Gasteiger partial charge in [0.05, 0.1) is 6.04 Å². The predicted octanol–water partition coefficient (Wildman–Crippen LogP) is 1.51. The van der Waals surface area contributed by atoms with Crippen molar-refractivity contribution < 1.29 is 4.79 Å². The first-order valence-electron chi connectivity index (χ1n) is 8.38. The summed E-state index contributed by atoms with van der Waals surface area (Å²) in [5.74, 6) is 0.667. The molecule has 1 amide bonds. The number of carbonyl (C=O) groups excluding carboxylic acids is 1. The van der Waals surface area contributed by atoms with Crippen molar-refractivity contribution >= 4 is 11.6 Å². The largest absolute Gasteiger partial charge is 0.345 e. The van der Waals surface area contributed by atoms with Crippen molar-refractivity contribution in [1.82, 2.24) is 30.8 Å². The van der Waals surface area contributed by atoms with Crippen LogP contribution < -0.4 is 16.2 Å². The Morgan fingerprint density at radius 2 is 1.96 bits per heavy atom. The molecule has 0 aliphatic carbocycles. The molecule has 1 aliphatic rings. The molecule has 0 spiro atoms. The second-order valence-corrected chi connectivity index (χ2v) is 6.26. The first-order chi connectivity index (χ1) is 12.2. The molecule has 25 heavy (non-hydrogen) atoms. The van der Waals surface area contributed by atoms with E-state index < -0.39 is 0 Å². The molecule has 7 nitrogen and oxygen atoms in total. The number of pyridine rings is 1. The van der Waals surface area contributed by atoms with Gasteiger partial charge in [0.1, 0.15) is 6.04 Å². The number of hydrazine groups is 1. The standard InChI is InChI=1S/C18H20N6O/c1-12(17-23-22-16-9-5-6-10-24(16)17)19-18(25)15-11-14(20-21-15)13-7-3-2-4-8-13/h2-10,12,14-15,20-21H,11H2,1H3,(H,19,25)/t12-,14?,15?/m1/s1. The van der Waals surface area contributed by atoms with Crippen molar-refractivity contribution in [2.45, 2.75) is 31.5 Å². The average molecular weight is 336 g/mol. The second-order valence-electron chi connectivity index (χ2n) is 6.26. The molecular formula is C18H20N6O. The molecule has 0 bridgehead atoms. The molecule has 1 saturated heterocycles. The highest BCUT2D eigenvalue weighted by Gasteiger charge is 2.31. The molecule has 0 radical (unpaired) electrons. The van der Waals surface area contributed by atoms with Gasteiger partial charge in [0, 0.05) is 12.2 Å².